The second kappa shape index (κ2) is 9.58. The number of hydrogen-bond donors (Lipinski definition) is 2. The van der Waals surface area contributed by atoms with E-state index in [9.17, 15) is 9.90 Å². The third-order valence-corrected chi connectivity index (χ3v) is 4.88. The van der Waals surface area contributed by atoms with Crippen molar-refractivity contribution >= 4 is 5.91 Å². The molecule has 0 spiro atoms. The number of amides is 1. The molecule has 0 bridgehead atoms. The third-order valence-electron chi connectivity index (χ3n) is 4.88. The summed E-state index contributed by atoms with van der Waals surface area (Å²) in [5.41, 5.74) is 2.99. The summed E-state index contributed by atoms with van der Waals surface area (Å²) >= 11 is 0. The molecule has 27 heavy (non-hydrogen) atoms. The minimum atomic E-state index is -0.557. The van der Waals surface area contributed by atoms with Crippen LogP contribution in [0.25, 0.3) is 11.3 Å². The normalized spacial score (nSPS) is 16.5. The summed E-state index contributed by atoms with van der Waals surface area (Å²) in [5.74, 6) is -0.188. The molecule has 144 valence electrons. The van der Waals surface area contributed by atoms with Crippen LogP contribution in [0.4, 0.5) is 0 Å². The minimum Gasteiger partial charge on any atom is -0.390 e. The van der Waals surface area contributed by atoms with E-state index in [0.717, 1.165) is 30.0 Å². The topological polar surface area (TPSA) is 78.4 Å². The summed E-state index contributed by atoms with van der Waals surface area (Å²) in [7, 11) is 0. The van der Waals surface area contributed by atoms with Crippen LogP contribution in [0, 0.1) is 6.92 Å². The van der Waals surface area contributed by atoms with Gasteiger partial charge in [-0.15, -0.1) is 0 Å². The Kier molecular flexibility index (Phi) is 6.90. The Morgan fingerprint density at radius 2 is 1.93 bits per heavy atom. The van der Waals surface area contributed by atoms with Crippen molar-refractivity contribution in [2.24, 2.45) is 0 Å². The lowest BCUT2D eigenvalue weighted by Crippen LogP contribution is -2.40. The van der Waals surface area contributed by atoms with Gasteiger partial charge in [0.05, 0.1) is 17.5 Å². The number of aromatic nitrogens is 2. The van der Waals surface area contributed by atoms with Gasteiger partial charge in [-0.3, -0.25) is 4.79 Å². The molecule has 0 unspecified atom stereocenters. The van der Waals surface area contributed by atoms with Crippen molar-refractivity contribution in [2.45, 2.75) is 38.7 Å². The Balaban J connectivity index is 1.54. The zero-order valence-corrected chi connectivity index (χ0v) is 15.9. The first-order chi connectivity index (χ1) is 13.1. The lowest BCUT2D eigenvalue weighted by Gasteiger charge is -2.23. The summed E-state index contributed by atoms with van der Waals surface area (Å²) in [5, 5.41) is 21.3. The van der Waals surface area contributed by atoms with Crippen LogP contribution in [0.1, 0.15) is 41.7 Å². The molecular formula is C21H28N4O2. The van der Waals surface area contributed by atoms with Gasteiger partial charge in [0.1, 0.15) is 0 Å². The second-order valence-corrected chi connectivity index (χ2v) is 7.22. The smallest absolute Gasteiger partial charge is 0.251 e. The number of aliphatic hydroxyl groups excluding tert-OH is 1. The van der Waals surface area contributed by atoms with Gasteiger partial charge in [0.25, 0.3) is 5.91 Å². The number of aryl methyl sites for hydroxylation is 1. The predicted octanol–water partition coefficient (Wildman–Crippen LogP) is 2.42. The van der Waals surface area contributed by atoms with Crippen molar-refractivity contribution in [3.63, 3.8) is 0 Å². The van der Waals surface area contributed by atoms with Crippen LogP contribution in [-0.2, 0) is 0 Å². The summed E-state index contributed by atoms with van der Waals surface area (Å²) in [6.07, 6.45) is 4.36. The second-order valence-electron chi connectivity index (χ2n) is 7.22. The maximum absolute atomic E-state index is 12.5. The summed E-state index contributed by atoms with van der Waals surface area (Å²) in [6, 6.07) is 11.1. The number of hydrogen-bond acceptors (Lipinski definition) is 5. The minimum absolute atomic E-state index is 0.188. The third kappa shape index (κ3) is 5.84. The van der Waals surface area contributed by atoms with Crippen LogP contribution in [-0.4, -0.2) is 58.4 Å². The van der Waals surface area contributed by atoms with Crippen LogP contribution in [0.5, 0.6) is 0 Å². The average molecular weight is 368 g/mol. The van der Waals surface area contributed by atoms with Crippen molar-refractivity contribution < 1.29 is 9.90 Å². The zero-order chi connectivity index (χ0) is 19.1. The average Bonchev–Trinajstić information content (AvgIpc) is 2.95. The fourth-order valence-electron chi connectivity index (χ4n) is 3.37. The standard InChI is InChI=1S/C21H28N4O2/c1-16-9-10-20(24-23-16)17-7-6-8-18(13-17)21(27)22-14-19(26)15-25-11-4-2-3-5-12-25/h6-10,13,19,26H,2-5,11-12,14-15H2,1H3,(H,22,27)/t19-/m1/s1. The molecule has 0 radical (unpaired) electrons. The number of β-amino-alcohol motifs (C(OH)–C–C–N with tert-alkyl or cyclic N) is 1. The zero-order valence-electron chi connectivity index (χ0n) is 15.9. The first kappa shape index (κ1) is 19.5. The predicted molar refractivity (Wildman–Crippen MR) is 105 cm³/mol. The SMILES string of the molecule is Cc1ccc(-c2cccc(C(=O)NC[C@@H](O)CN3CCCCCC3)c2)nn1. The van der Waals surface area contributed by atoms with Crippen molar-refractivity contribution in [3.05, 3.63) is 47.7 Å². The summed E-state index contributed by atoms with van der Waals surface area (Å²) < 4.78 is 0. The van der Waals surface area contributed by atoms with Crippen LogP contribution < -0.4 is 5.32 Å². The number of aliphatic hydroxyl groups is 1. The Labute approximate surface area is 160 Å². The van der Waals surface area contributed by atoms with Crippen molar-refractivity contribution in [3.8, 4) is 11.3 Å². The Bertz CT molecular complexity index is 740. The molecule has 3 rings (SSSR count). The van der Waals surface area contributed by atoms with Gasteiger partial charge in [-0.1, -0.05) is 25.0 Å². The molecule has 1 aliphatic rings. The molecule has 1 aliphatic heterocycles. The molecule has 2 N–H and O–H groups in total. The number of nitrogens with one attached hydrogen (secondary N) is 1. The Morgan fingerprint density at radius 1 is 1.15 bits per heavy atom. The van der Waals surface area contributed by atoms with E-state index in [1.807, 2.05) is 31.2 Å². The molecular weight excluding hydrogens is 340 g/mol. The Hall–Kier alpha value is -2.31. The van der Waals surface area contributed by atoms with E-state index in [4.69, 9.17) is 0 Å². The number of rotatable bonds is 6. The van der Waals surface area contributed by atoms with E-state index in [2.05, 4.69) is 20.4 Å². The van der Waals surface area contributed by atoms with E-state index in [-0.39, 0.29) is 12.5 Å². The highest BCUT2D eigenvalue weighted by Crippen LogP contribution is 2.17. The number of benzene rings is 1. The van der Waals surface area contributed by atoms with E-state index in [1.165, 1.54) is 25.7 Å². The molecule has 1 aromatic carbocycles. The van der Waals surface area contributed by atoms with Crippen molar-refractivity contribution in [1.82, 2.24) is 20.4 Å². The fourth-order valence-corrected chi connectivity index (χ4v) is 3.37. The van der Waals surface area contributed by atoms with Crippen LogP contribution >= 0.6 is 0 Å². The maximum atomic E-state index is 12.5. The molecule has 2 aromatic rings. The van der Waals surface area contributed by atoms with Gasteiger partial charge in [0, 0.05) is 24.2 Å². The molecule has 2 heterocycles. The molecule has 0 saturated carbocycles. The summed E-state index contributed by atoms with van der Waals surface area (Å²) in [6.45, 7) is 4.82. The van der Waals surface area contributed by atoms with Crippen LogP contribution in [0.3, 0.4) is 0 Å². The van der Waals surface area contributed by atoms with E-state index in [1.54, 1.807) is 12.1 Å². The van der Waals surface area contributed by atoms with Gasteiger partial charge in [-0.25, -0.2) is 0 Å². The van der Waals surface area contributed by atoms with Crippen LogP contribution in [0.2, 0.25) is 0 Å². The largest absolute Gasteiger partial charge is 0.390 e. The van der Waals surface area contributed by atoms with Gasteiger partial charge in [-0.2, -0.15) is 10.2 Å². The van der Waals surface area contributed by atoms with Crippen LogP contribution in [0.15, 0.2) is 36.4 Å². The Morgan fingerprint density at radius 3 is 2.63 bits per heavy atom. The van der Waals surface area contributed by atoms with Gasteiger partial charge in [0.2, 0.25) is 0 Å². The molecule has 1 aromatic heterocycles. The van der Waals surface area contributed by atoms with Gasteiger partial charge in [0.15, 0.2) is 0 Å². The molecule has 6 heteroatoms. The summed E-state index contributed by atoms with van der Waals surface area (Å²) in [4.78, 5) is 14.8. The highest BCUT2D eigenvalue weighted by atomic mass is 16.3. The van der Waals surface area contributed by atoms with Gasteiger partial charge in [-0.05, 0) is 57.1 Å². The first-order valence-corrected chi connectivity index (χ1v) is 9.71. The molecule has 1 amide bonds. The number of carbonyl (C=O) groups is 1. The number of nitrogens with zero attached hydrogens (tertiary/aromatic N) is 3. The molecule has 6 nitrogen and oxygen atoms in total. The van der Waals surface area contributed by atoms with E-state index < -0.39 is 6.10 Å². The molecule has 0 aliphatic carbocycles. The quantitative estimate of drug-likeness (QED) is 0.819. The molecule has 1 fully saturated rings. The molecule has 1 atom stereocenters. The molecule has 1 saturated heterocycles. The van der Waals surface area contributed by atoms with Crippen molar-refractivity contribution in [2.75, 3.05) is 26.2 Å². The monoisotopic (exact) mass is 368 g/mol. The number of likely N-dealkylation sites (tertiary alicyclic amines) is 1. The van der Waals surface area contributed by atoms with E-state index >= 15 is 0 Å². The lowest BCUT2D eigenvalue weighted by molar-refractivity contribution is 0.0862. The highest BCUT2D eigenvalue weighted by molar-refractivity contribution is 5.95. The van der Waals surface area contributed by atoms with Gasteiger partial charge >= 0.3 is 0 Å². The number of carbonyl (C=O) groups excluding carboxylic acids is 1. The maximum Gasteiger partial charge on any atom is 0.251 e. The van der Waals surface area contributed by atoms with E-state index in [0.29, 0.717) is 12.1 Å². The fraction of sp³-hybridized carbons (Fsp3) is 0.476. The first-order valence-electron chi connectivity index (χ1n) is 9.71. The van der Waals surface area contributed by atoms with Gasteiger partial charge < -0.3 is 15.3 Å². The lowest BCUT2D eigenvalue weighted by atomic mass is 10.1. The van der Waals surface area contributed by atoms with Crippen molar-refractivity contribution in [1.29, 1.82) is 0 Å². The highest BCUT2D eigenvalue weighted by Gasteiger charge is 2.15.